The topological polar surface area (TPSA) is 9.23 Å². The van der Waals surface area contributed by atoms with E-state index in [4.69, 9.17) is 4.74 Å². The van der Waals surface area contributed by atoms with Gasteiger partial charge in [-0.15, -0.1) is 0 Å². The van der Waals surface area contributed by atoms with Gasteiger partial charge in [0.1, 0.15) is 11.9 Å². The van der Waals surface area contributed by atoms with Gasteiger partial charge in [-0.05, 0) is 42.5 Å². The zero-order chi connectivity index (χ0) is 13.5. The van der Waals surface area contributed by atoms with Gasteiger partial charge in [0.2, 0.25) is 0 Å². The van der Waals surface area contributed by atoms with Crippen molar-refractivity contribution < 1.29 is 4.74 Å². The fraction of sp³-hybridized carbons (Fsp3) is 0.625. The van der Waals surface area contributed by atoms with E-state index in [2.05, 4.69) is 68.7 Å². The van der Waals surface area contributed by atoms with E-state index in [1.165, 1.54) is 11.1 Å². The lowest BCUT2D eigenvalue weighted by Gasteiger charge is -2.48. The second kappa shape index (κ2) is 4.88. The van der Waals surface area contributed by atoms with Crippen molar-refractivity contribution in [3.63, 3.8) is 0 Å². The molecule has 0 N–H and O–H groups in total. The summed E-state index contributed by atoms with van der Waals surface area (Å²) in [5.74, 6) is 1.58. The SMILES string of the molecule is Cc1cc(OC2CC(Br)C2(C)C)ccc1C(C)C. The molecule has 1 nitrogen and oxygen atoms in total. The molecule has 0 heterocycles. The molecule has 1 aromatic rings. The molecule has 2 rings (SSSR count). The Morgan fingerprint density at radius 3 is 2.44 bits per heavy atom. The van der Waals surface area contributed by atoms with Gasteiger partial charge in [0.25, 0.3) is 0 Å². The smallest absolute Gasteiger partial charge is 0.120 e. The van der Waals surface area contributed by atoms with Crippen LogP contribution in [0.2, 0.25) is 0 Å². The lowest BCUT2D eigenvalue weighted by Crippen LogP contribution is -2.53. The second-order valence-corrected chi connectivity index (χ2v) is 7.41. The third-order valence-electron chi connectivity index (χ3n) is 4.20. The maximum absolute atomic E-state index is 6.12. The maximum atomic E-state index is 6.12. The van der Waals surface area contributed by atoms with Gasteiger partial charge in [-0.3, -0.25) is 0 Å². The van der Waals surface area contributed by atoms with Gasteiger partial charge in [-0.25, -0.2) is 0 Å². The molecule has 0 saturated heterocycles. The van der Waals surface area contributed by atoms with Crippen molar-refractivity contribution >= 4 is 15.9 Å². The second-order valence-electron chi connectivity index (χ2n) is 6.30. The monoisotopic (exact) mass is 310 g/mol. The quantitative estimate of drug-likeness (QED) is 0.709. The average molecular weight is 311 g/mol. The van der Waals surface area contributed by atoms with E-state index in [1.807, 2.05) is 0 Å². The van der Waals surface area contributed by atoms with Crippen molar-refractivity contribution in [1.29, 1.82) is 0 Å². The van der Waals surface area contributed by atoms with Gasteiger partial charge in [0.15, 0.2) is 0 Å². The molecule has 0 aromatic heterocycles. The molecule has 1 saturated carbocycles. The Labute approximate surface area is 119 Å². The molecule has 0 amide bonds. The van der Waals surface area contributed by atoms with Gasteiger partial charge in [0.05, 0.1) is 0 Å². The first kappa shape index (κ1) is 13.9. The first-order chi connectivity index (χ1) is 8.32. The number of aryl methyl sites for hydroxylation is 1. The molecule has 0 aliphatic heterocycles. The van der Waals surface area contributed by atoms with Crippen LogP contribution in [0.1, 0.15) is 51.2 Å². The standard InChI is InChI=1S/C16H23BrO/c1-10(2)13-7-6-12(8-11(13)3)18-15-9-14(17)16(15,4)5/h6-8,10,14-15H,9H2,1-5H3. The fourth-order valence-corrected chi connectivity index (χ4v) is 3.20. The number of hydrogen-bond acceptors (Lipinski definition) is 1. The zero-order valence-corrected chi connectivity index (χ0v) is 13.5. The largest absolute Gasteiger partial charge is 0.490 e. The van der Waals surface area contributed by atoms with E-state index in [9.17, 15) is 0 Å². The predicted molar refractivity (Wildman–Crippen MR) is 80.8 cm³/mol. The van der Waals surface area contributed by atoms with Crippen LogP contribution in [-0.2, 0) is 0 Å². The molecule has 100 valence electrons. The summed E-state index contributed by atoms with van der Waals surface area (Å²) >= 11 is 3.70. The summed E-state index contributed by atoms with van der Waals surface area (Å²) in [6.07, 6.45) is 1.42. The number of benzene rings is 1. The van der Waals surface area contributed by atoms with E-state index in [1.54, 1.807) is 0 Å². The van der Waals surface area contributed by atoms with Crippen LogP contribution in [0, 0.1) is 12.3 Å². The highest BCUT2D eigenvalue weighted by Crippen LogP contribution is 2.47. The minimum absolute atomic E-state index is 0.227. The summed E-state index contributed by atoms with van der Waals surface area (Å²) in [6.45, 7) is 11.1. The lowest BCUT2D eigenvalue weighted by molar-refractivity contribution is -0.00783. The molecule has 1 aromatic carbocycles. The summed E-state index contributed by atoms with van der Waals surface area (Å²) in [5.41, 5.74) is 2.97. The summed E-state index contributed by atoms with van der Waals surface area (Å²) in [6, 6.07) is 6.49. The third-order valence-corrected chi connectivity index (χ3v) is 5.75. The molecule has 2 unspecified atom stereocenters. The molecule has 18 heavy (non-hydrogen) atoms. The Bertz CT molecular complexity index is 437. The zero-order valence-electron chi connectivity index (χ0n) is 12.0. The number of halogens is 1. The van der Waals surface area contributed by atoms with Crippen molar-refractivity contribution in [2.75, 3.05) is 0 Å². The molecule has 2 heteroatoms. The number of hydrogen-bond donors (Lipinski definition) is 0. The third kappa shape index (κ3) is 2.45. The highest BCUT2D eigenvalue weighted by molar-refractivity contribution is 9.09. The summed E-state index contributed by atoms with van der Waals surface area (Å²) in [7, 11) is 0. The maximum Gasteiger partial charge on any atom is 0.120 e. The minimum atomic E-state index is 0.227. The van der Waals surface area contributed by atoms with Gasteiger partial charge in [-0.1, -0.05) is 49.7 Å². The number of alkyl halides is 1. The van der Waals surface area contributed by atoms with E-state index < -0.39 is 0 Å². The Balaban J connectivity index is 2.10. The summed E-state index contributed by atoms with van der Waals surface area (Å²) in [4.78, 5) is 0.575. The summed E-state index contributed by atoms with van der Waals surface area (Å²) < 4.78 is 6.12. The van der Waals surface area contributed by atoms with Crippen LogP contribution in [-0.4, -0.2) is 10.9 Å². The van der Waals surface area contributed by atoms with Crippen LogP contribution in [0.4, 0.5) is 0 Å². The molecule has 1 fully saturated rings. The van der Waals surface area contributed by atoms with Gasteiger partial charge in [0, 0.05) is 10.2 Å². The number of ether oxygens (including phenoxy) is 1. The molecular weight excluding hydrogens is 288 g/mol. The van der Waals surface area contributed by atoms with Crippen molar-refractivity contribution in [2.24, 2.45) is 5.41 Å². The Kier molecular flexibility index (Phi) is 3.77. The molecule has 1 aliphatic carbocycles. The fourth-order valence-electron chi connectivity index (χ4n) is 2.57. The molecule has 0 radical (unpaired) electrons. The predicted octanol–water partition coefficient (Wildman–Crippen LogP) is 5.06. The summed E-state index contributed by atoms with van der Waals surface area (Å²) in [5, 5.41) is 0. The average Bonchev–Trinajstić information content (AvgIpc) is 2.28. The molecular formula is C16H23BrO. The Hall–Kier alpha value is -0.500. The highest BCUT2D eigenvalue weighted by atomic mass is 79.9. The van der Waals surface area contributed by atoms with Gasteiger partial charge < -0.3 is 4.74 Å². The molecule has 0 spiro atoms. The van der Waals surface area contributed by atoms with Crippen molar-refractivity contribution in [2.45, 2.75) is 57.9 Å². The van der Waals surface area contributed by atoms with E-state index in [0.29, 0.717) is 16.8 Å². The minimum Gasteiger partial charge on any atom is -0.490 e. The van der Waals surface area contributed by atoms with Crippen molar-refractivity contribution in [3.8, 4) is 5.75 Å². The van der Waals surface area contributed by atoms with Crippen LogP contribution >= 0.6 is 15.9 Å². The van der Waals surface area contributed by atoms with Crippen LogP contribution in [0.5, 0.6) is 5.75 Å². The van der Waals surface area contributed by atoms with Crippen LogP contribution in [0.3, 0.4) is 0 Å². The number of rotatable bonds is 3. The Morgan fingerprint density at radius 1 is 1.33 bits per heavy atom. The van der Waals surface area contributed by atoms with Crippen LogP contribution in [0.25, 0.3) is 0 Å². The van der Waals surface area contributed by atoms with E-state index in [0.717, 1.165) is 12.2 Å². The first-order valence-electron chi connectivity index (χ1n) is 6.73. The lowest BCUT2D eigenvalue weighted by atomic mass is 9.69. The molecule has 2 atom stereocenters. The van der Waals surface area contributed by atoms with Crippen molar-refractivity contribution in [1.82, 2.24) is 0 Å². The molecule has 1 aliphatic rings. The van der Waals surface area contributed by atoms with E-state index in [-0.39, 0.29) is 5.41 Å². The van der Waals surface area contributed by atoms with Crippen LogP contribution in [0.15, 0.2) is 18.2 Å². The van der Waals surface area contributed by atoms with Gasteiger partial charge in [-0.2, -0.15) is 0 Å². The van der Waals surface area contributed by atoms with Crippen molar-refractivity contribution in [3.05, 3.63) is 29.3 Å². The van der Waals surface area contributed by atoms with Gasteiger partial charge >= 0.3 is 0 Å². The van der Waals surface area contributed by atoms with E-state index >= 15 is 0 Å². The highest BCUT2D eigenvalue weighted by Gasteiger charge is 2.48. The molecule has 0 bridgehead atoms. The first-order valence-corrected chi connectivity index (χ1v) is 7.65. The van der Waals surface area contributed by atoms with Crippen LogP contribution < -0.4 is 4.74 Å². The normalized spacial score (nSPS) is 25.9. The Morgan fingerprint density at radius 2 is 2.00 bits per heavy atom.